The van der Waals surface area contributed by atoms with Crippen molar-refractivity contribution in [2.45, 2.75) is 34.2 Å². The summed E-state index contributed by atoms with van der Waals surface area (Å²) in [6, 6.07) is 6.90. The molecule has 0 saturated heterocycles. The Morgan fingerprint density at radius 3 is 2.59 bits per heavy atom. The highest BCUT2D eigenvalue weighted by Gasteiger charge is 2.21. The number of thiazole rings is 1. The first-order valence-electron chi connectivity index (χ1n) is 9.73. The van der Waals surface area contributed by atoms with Crippen LogP contribution >= 0.6 is 11.3 Å². The third-order valence-electron chi connectivity index (χ3n) is 4.15. The van der Waals surface area contributed by atoms with Crippen LogP contribution in [0.1, 0.15) is 27.7 Å². The fraction of sp³-hybridized carbons (Fsp3) is 0.318. The minimum Gasteiger partial charge on any atom is -0.345 e. The van der Waals surface area contributed by atoms with Crippen molar-refractivity contribution in [1.29, 1.82) is 5.26 Å². The molecule has 0 aliphatic heterocycles. The van der Waals surface area contributed by atoms with E-state index < -0.39 is 11.3 Å². The molecule has 0 aliphatic carbocycles. The SMILES string of the molecule is C#CCNC(=O)/C(C#N)=c1\s/c(=C/Nc2cccc(NC(=O)C(C)(C)C)n2)c(=O)n1CC. The van der Waals surface area contributed by atoms with Gasteiger partial charge in [-0.25, -0.2) is 4.98 Å². The molecule has 2 amide bonds. The van der Waals surface area contributed by atoms with E-state index in [9.17, 15) is 19.6 Å². The summed E-state index contributed by atoms with van der Waals surface area (Å²) in [5.41, 5.74) is -1.11. The first-order chi connectivity index (χ1) is 15.1. The molecule has 0 aliphatic rings. The highest BCUT2D eigenvalue weighted by molar-refractivity contribution is 7.07. The van der Waals surface area contributed by atoms with E-state index in [1.54, 1.807) is 45.9 Å². The van der Waals surface area contributed by atoms with E-state index in [1.807, 2.05) is 6.07 Å². The number of carbonyl (C=O) groups is 2. The van der Waals surface area contributed by atoms with Crippen LogP contribution in [-0.4, -0.2) is 27.9 Å². The third-order valence-corrected chi connectivity index (χ3v) is 5.28. The third kappa shape index (κ3) is 5.84. The van der Waals surface area contributed by atoms with Gasteiger partial charge in [-0.05, 0) is 19.1 Å². The Labute approximate surface area is 189 Å². The lowest BCUT2D eigenvalue weighted by atomic mass is 9.96. The van der Waals surface area contributed by atoms with Crippen molar-refractivity contribution in [2.75, 3.05) is 17.2 Å². The van der Waals surface area contributed by atoms with Crippen LogP contribution in [0.2, 0.25) is 0 Å². The monoisotopic (exact) mass is 452 g/mol. The van der Waals surface area contributed by atoms with Crippen molar-refractivity contribution in [3.63, 3.8) is 0 Å². The molecule has 32 heavy (non-hydrogen) atoms. The molecule has 10 heteroatoms. The summed E-state index contributed by atoms with van der Waals surface area (Å²) in [5.74, 6) is 2.22. The number of hydrogen-bond donors (Lipinski definition) is 3. The topological polar surface area (TPSA) is 129 Å². The van der Waals surface area contributed by atoms with E-state index >= 15 is 0 Å². The molecule has 0 spiro atoms. The van der Waals surface area contributed by atoms with Gasteiger partial charge in [-0.2, -0.15) is 5.26 Å². The first-order valence-corrected chi connectivity index (χ1v) is 10.5. The predicted octanol–water partition coefficient (Wildman–Crippen LogP) is 0.583. The molecule has 3 N–H and O–H groups in total. The molecule has 9 nitrogen and oxygen atoms in total. The maximum Gasteiger partial charge on any atom is 0.270 e. The van der Waals surface area contributed by atoms with Crippen LogP contribution in [0.15, 0.2) is 23.0 Å². The lowest BCUT2D eigenvalue weighted by molar-refractivity contribution is -0.123. The Morgan fingerprint density at radius 2 is 2.00 bits per heavy atom. The predicted molar refractivity (Wildman–Crippen MR) is 125 cm³/mol. The van der Waals surface area contributed by atoms with Crippen molar-refractivity contribution in [1.82, 2.24) is 14.9 Å². The van der Waals surface area contributed by atoms with Crippen LogP contribution in [0.4, 0.5) is 11.6 Å². The number of terminal acetylenes is 1. The number of nitrogens with one attached hydrogen (secondary N) is 3. The van der Waals surface area contributed by atoms with Gasteiger partial charge in [0.25, 0.3) is 11.5 Å². The number of hydrogen-bond acceptors (Lipinski definition) is 7. The molecule has 2 aromatic rings. The van der Waals surface area contributed by atoms with Crippen LogP contribution in [0.5, 0.6) is 0 Å². The van der Waals surface area contributed by atoms with Crippen LogP contribution in [0.25, 0.3) is 11.8 Å². The molecule has 2 heterocycles. The van der Waals surface area contributed by atoms with E-state index in [4.69, 9.17) is 6.42 Å². The molecular weight excluding hydrogens is 428 g/mol. The number of rotatable bonds is 6. The molecule has 0 bridgehead atoms. The highest BCUT2D eigenvalue weighted by atomic mass is 32.1. The Morgan fingerprint density at radius 1 is 1.31 bits per heavy atom. The average Bonchev–Trinajstić information content (AvgIpc) is 3.05. The molecule has 0 unspecified atom stereocenters. The zero-order valence-corrected chi connectivity index (χ0v) is 19.1. The fourth-order valence-electron chi connectivity index (χ4n) is 2.44. The Balaban J connectivity index is 2.42. The van der Waals surface area contributed by atoms with Gasteiger partial charge in [-0.15, -0.1) is 17.8 Å². The number of pyridine rings is 1. The van der Waals surface area contributed by atoms with Crippen LogP contribution in [-0.2, 0) is 16.1 Å². The van der Waals surface area contributed by atoms with Crippen molar-refractivity contribution in [2.24, 2.45) is 5.41 Å². The maximum atomic E-state index is 12.8. The zero-order valence-electron chi connectivity index (χ0n) is 18.3. The van der Waals surface area contributed by atoms with Crippen molar-refractivity contribution in [3.05, 3.63) is 37.7 Å². The molecule has 0 fully saturated rings. The largest absolute Gasteiger partial charge is 0.345 e. The second kappa shape index (κ2) is 10.4. The van der Waals surface area contributed by atoms with Gasteiger partial charge in [0.15, 0.2) is 5.57 Å². The highest BCUT2D eigenvalue weighted by Crippen LogP contribution is 2.17. The first kappa shape index (κ1) is 24.4. The molecule has 0 radical (unpaired) electrons. The Bertz CT molecular complexity index is 1290. The molecule has 0 saturated carbocycles. The van der Waals surface area contributed by atoms with Crippen LogP contribution in [0, 0.1) is 29.1 Å². The standard InChI is InChI=1S/C22H24N6O3S/c1-6-11-24-18(29)14(12-23)20-28(7-2)19(30)15(32-20)13-25-16-9-8-10-17(26-16)27-21(31)22(3,4)5/h1,8-10,13H,7,11H2,2-5H3,(H,24,29)(H2,25,26,27,31)/b15-13+,20-14-. The quantitative estimate of drug-likeness (QED) is 0.550. The summed E-state index contributed by atoms with van der Waals surface area (Å²) >= 11 is 1.01. The Kier molecular flexibility index (Phi) is 7.94. The van der Waals surface area contributed by atoms with Crippen molar-refractivity contribution < 1.29 is 9.59 Å². The smallest absolute Gasteiger partial charge is 0.270 e. The molecule has 0 aromatic carbocycles. The summed E-state index contributed by atoms with van der Waals surface area (Å²) in [4.78, 5) is 41.5. The lowest BCUT2D eigenvalue weighted by Crippen LogP contribution is -2.34. The Hall–Kier alpha value is -3.89. The second-order valence-electron chi connectivity index (χ2n) is 7.60. The van der Waals surface area contributed by atoms with Gasteiger partial charge in [0, 0.05) is 18.2 Å². The minimum absolute atomic E-state index is 0.0277. The molecule has 0 atom stereocenters. The number of amides is 2. The molecule has 2 aromatic heterocycles. The van der Waals surface area contributed by atoms with E-state index in [1.165, 1.54) is 10.8 Å². The van der Waals surface area contributed by atoms with E-state index in [0.717, 1.165) is 11.3 Å². The molecule has 166 valence electrons. The van der Waals surface area contributed by atoms with Gasteiger partial charge < -0.3 is 16.0 Å². The van der Waals surface area contributed by atoms with Crippen molar-refractivity contribution >= 4 is 46.6 Å². The van der Waals surface area contributed by atoms with Gasteiger partial charge in [-0.3, -0.25) is 19.0 Å². The van der Waals surface area contributed by atoms with Gasteiger partial charge in [0.2, 0.25) is 5.91 Å². The normalized spacial score (nSPS) is 12.4. The minimum atomic E-state index is -0.641. The van der Waals surface area contributed by atoms with Crippen LogP contribution in [0.3, 0.4) is 0 Å². The lowest BCUT2D eigenvalue weighted by Gasteiger charge is -2.17. The fourth-order valence-corrected chi connectivity index (χ4v) is 3.52. The number of aromatic nitrogens is 2. The average molecular weight is 453 g/mol. The van der Waals surface area contributed by atoms with Gasteiger partial charge in [0.1, 0.15) is 26.9 Å². The van der Waals surface area contributed by atoms with Gasteiger partial charge in [-0.1, -0.05) is 32.8 Å². The summed E-state index contributed by atoms with van der Waals surface area (Å²) in [6.45, 7) is 7.38. The summed E-state index contributed by atoms with van der Waals surface area (Å²) in [6.07, 6.45) is 6.60. The summed E-state index contributed by atoms with van der Waals surface area (Å²) in [7, 11) is 0. The number of anilines is 2. The number of nitrogens with zero attached hydrogens (tertiary/aromatic N) is 3. The van der Waals surface area contributed by atoms with E-state index in [0.29, 0.717) is 11.6 Å². The molecular formula is C22H24N6O3S. The van der Waals surface area contributed by atoms with Crippen LogP contribution < -0.4 is 30.7 Å². The number of nitriles is 1. The number of carbonyl (C=O) groups excluding carboxylic acids is 2. The summed E-state index contributed by atoms with van der Waals surface area (Å²) in [5, 5.41) is 17.6. The maximum absolute atomic E-state index is 12.8. The molecule has 2 rings (SSSR count). The van der Waals surface area contributed by atoms with Gasteiger partial charge >= 0.3 is 0 Å². The zero-order chi connectivity index (χ0) is 23.9. The van der Waals surface area contributed by atoms with Crippen molar-refractivity contribution in [3.8, 4) is 18.4 Å². The summed E-state index contributed by atoms with van der Waals surface area (Å²) < 4.78 is 1.87. The second-order valence-corrected chi connectivity index (χ2v) is 8.63. The van der Waals surface area contributed by atoms with Gasteiger partial charge in [0.05, 0.1) is 6.54 Å². The van der Waals surface area contributed by atoms with E-state index in [-0.39, 0.29) is 39.3 Å². The van der Waals surface area contributed by atoms with E-state index in [2.05, 4.69) is 26.9 Å².